The van der Waals surface area contributed by atoms with Crippen LogP contribution in [0.4, 0.5) is 4.79 Å². The molecule has 1 unspecified atom stereocenters. The van der Waals surface area contributed by atoms with Crippen LogP contribution in [0.1, 0.15) is 24.8 Å². The Morgan fingerprint density at radius 3 is 2.47 bits per heavy atom. The molecule has 32 heavy (non-hydrogen) atoms. The summed E-state index contributed by atoms with van der Waals surface area (Å²) in [4.78, 5) is 51.2. The molecular formula is C20H30N6O6. The summed E-state index contributed by atoms with van der Waals surface area (Å²) >= 11 is 0. The van der Waals surface area contributed by atoms with E-state index in [0.29, 0.717) is 25.7 Å². The molecule has 0 saturated carbocycles. The number of nitrogens with two attached hydrogens (primary N) is 2. The molecule has 0 aromatic heterocycles. The fourth-order valence-corrected chi connectivity index (χ4v) is 2.55. The molecule has 1 aromatic carbocycles. The molecule has 2 atom stereocenters. The second-order valence-electron chi connectivity index (χ2n) is 6.75. The number of nitrogens with one attached hydrogen (secondary N) is 3. The molecule has 0 fully saturated rings. The average molecular weight is 450 g/mol. The number of aliphatic hydroxyl groups excluding tert-OH is 1. The first-order chi connectivity index (χ1) is 15.3. The van der Waals surface area contributed by atoms with Crippen LogP contribution in [-0.2, 0) is 25.7 Å². The first kappa shape index (κ1) is 26.4. The van der Waals surface area contributed by atoms with E-state index in [-0.39, 0.29) is 25.6 Å². The van der Waals surface area contributed by atoms with Gasteiger partial charge in [0, 0.05) is 13.2 Å². The Hall–Kier alpha value is -3.67. The summed E-state index contributed by atoms with van der Waals surface area (Å²) in [5.41, 5.74) is 11.2. The van der Waals surface area contributed by atoms with E-state index in [1.165, 1.54) is 0 Å². The van der Waals surface area contributed by atoms with Gasteiger partial charge in [-0.15, -0.1) is 0 Å². The summed E-state index contributed by atoms with van der Waals surface area (Å²) in [6.07, 6.45) is 0.460. The van der Waals surface area contributed by atoms with Crippen LogP contribution in [-0.4, -0.2) is 67.0 Å². The van der Waals surface area contributed by atoms with Crippen molar-refractivity contribution in [2.24, 2.45) is 16.5 Å². The maximum Gasteiger partial charge on any atom is 0.408 e. The molecule has 0 saturated heterocycles. The number of aliphatic imine (C=N–C) groups is 1. The number of aldehydes is 1. The predicted octanol–water partition coefficient (Wildman–Crippen LogP) is -1.48. The minimum absolute atomic E-state index is 0.0127. The number of hydrogen-bond donors (Lipinski definition) is 6. The lowest BCUT2D eigenvalue weighted by Gasteiger charge is -2.18. The summed E-state index contributed by atoms with van der Waals surface area (Å²) in [6.45, 7) is -0.459. The highest BCUT2D eigenvalue weighted by atomic mass is 16.5. The number of alkyl carbamates (subject to hydrolysis) is 1. The van der Waals surface area contributed by atoms with Gasteiger partial charge in [0.1, 0.15) is 18.9 Å². The Morgan fingerprint density at radius 1 is 1.12 bits per heavy atom. The molecular weight excluding hydrogens is 420 g/mol. The van der Waals surface area contributed by atoms with Crippen LogP contribution < -0.4 is 27.4 Å². The molecule has 1 rings (SSSR count). The molecule has 0 radical (unpaired) electrons. The Labute approximate surface area is 185 Å². The van der Waals surface area contributed by atoms with Crippen molar-refractivity contribution in [3.63, 3.8) is 0 Å². The zero-order valence-electron chi connectivity index (χ0n) is 17.7. The van der Waals surface area contributed by atoms with E-state index in [4.69, 9.17) is 21.3 Å². The van der Waals surface area contributed by atoms with Gasteiger partial charge in [0.2, 0.25) is 11.8 Å². The van der Waals surface area contributed by atoms with Crippen LogP contribution in [0.15, 0.2) is 35.3 Å². The van der Waals surface area contributed by atoms with E-state index < -0.39 is 36.5 Å². The van der Waals surface area contributed by atoms with Crippen LogP contribution >= 0.6 is 0 Å². The van der Waals surface area contributed by atoms with E-state index in [1.807, 2.05) is 6.07 Å². The summed E-state index contributed by atoms with van der Waals surface area (Å²) < 4.78 is 5.05. The van der Waals surface area contributed by atoms with Crippen LogP contribution in [0.3, 0.4) is 0 Å². The van der Waals surface area contributed by atoms with Crippen LogP contribution in [0.5, 0.6) is 0 Å². The standard InChI is InChI=1S/C20H30N6O6/c21-19(22)23-9-4-7-15(12-28)25-17(29)11-24-18(30)16(8-10-27)26-20(31)32-13-14-5-2-1-3-6-14/h1-3,5-6,12,15-16,27H,4,7-11,13H2,(H,24,30)(H,25,29)(H,26,31)(H4,21,22,23)/t15?,16-/m1/s1. The highest BCUT2D eigenvalue weighted by Crippen LogP contribution is 2.01. The van der Waals surface area contributed by atoms with E-state index in [0.717, 1.165) is 5.56 Å². The number of carbonyl (C=O) groups excluding carboxylic acids is 4. The predicted molar refractivity (Wildman–Crippen MR) is 116 cm³/mol. The van der Waals surface area contributed by atoms with E-state index in [1.54, 1.807) is 24.3 Å². The molecule has 0 aliphatic carbocycles. The lowest BCUT2D eigenvalue weighted by Crippen LogP contribution is -2.50. The van der Waals surface area contributed by atoms with Crippen molar-refractivity contribution < 1.29 is 29.0 Å². The zero-order chi connectivity index (χ0) is 23.8. The van der Waals surface area contributed by atoms with Gasteiger partial charge in [0.05, 0.1) is 12.6 Å². The van der Waals surface area contributed by atoms with E-state index in [2.05, 4.69) is 20.9 Å². The molecule has 3 amide bonds. The molecule has 0 heterocycles. The lowest BCUT2D eigenvalue weighted by molar-refractivity contribution is -0.128. The summed E-state index contributed by atoms with van der Waals surface area (Å²) in [5.74, 6) is -1.33. The number of carbonyl (C=O) groups is 4. The Kier molecular flexibility index (Phi) is 12.5. The molecule has 0 spiro atoms. The largest absolute Gasteiger partial charge is 0.445 e. The maximum atomic E-state index is 12.3. The third-order valence-corrected chi connectivity index (χ3v) is 4.14. The fourth-order valence-electron chi connectivity index (χ4n) is 2.55. The smallest absolute Gasteiger partial charge is 0.408 e. The van der Waals surface area contributed by atoms with Crippen LogP contribution in [0.2, 0.25) is 0 Å². The van der Waals surface area contributed by atoms with Gasteiger partial charge in [-0.05, 0) is 24.8 Å². The van der Waals surface area contributed by atoms with Crippen molar-refractivity contribution >= 4 is 30.2 Å². The maximum absolute atomic E-state index is 12.3. The lowest BCUT2D eigenvalue weighted by atomic mass is 10.1. The van der Waals surface area contributed by atoms with Gasteiger partial charge in [0.25, 0.3) is 0 Å². The second-order valence-corrected chi connectivity index (χ2v) is 6.75. The monoisotopic (exact) mass is 450 g/mol. The minimum Gasteiger partial charge on any atom is -0.445 e. The molecule has 1 aromatic rings. The molecule has 8 N–H and O–H groups in total. The van der Waals surface area contributed by atoms with Gasteiger partial charge in [-0.1, -0.05) is 30.3 Å². The zero-order valence-corrected chi connectivity index (χ0v) is 17.7. The van der Waals surface area contributed by atoms with Crippen LogP contribution in [0, 0.1) is 0 Å². The molecule has 12 nitrogen and oxygen atoms in total. The van der Waals surface area contributed by atoms with Gasteiger partial charge < -0.3 is 42.1 Å². The number of rotatable bonds is 14. The molecule has 176 valence electrons. The van der Waals surface area contributed by atoms with Gasteiger partial charge >= 0.3 is 6.09 Å². The number of aliphatic hydroxyl groups is 1. The Bertz CT molecular complexity index is 769. The molecule has 0 bridgehead atoms. The fraction of sp³-hybridized carbons (Fsp3) is 0.450. The number of amides is 3. The minimum atomic E-state index is -1.10. The van der Waals surface area contributed by atoms with Gasteiger partial charge in [-0.3, -0.25) is 14.6 Å². The van der Waals surface area contributed by atoms with E-state index >= 15 is 0 Å². The molecule has 0 aliphatic rings. The quantitative estimate of drug-likeness (QED) is 0.0852. The van der Waals surface area contributed by atoms with Gasteiger partial charge in [0.15, 0.2) is 5.96 Å². The normalized spacial score (nSPS) is 12.0. The summed E-state index contributed by atoms with van der Waals surface area (Å²) in [5, 5.41) is 16.3. The van der Waals surface area contributed by atoms with Crippen molar-refractivity contribution in [1.82, 2.24) is 16.0 Å². The van der Waals surface area contributed by atoms with Crippen LogP contribution in [0.25, 0.3) is 0 Å². The number of hydrogen-bond acceptors (Lipinski definition) is 7. The second kappa shape index (κ2) is 15.2. The van der Waals surface area contributed by atoms with Gasteiger partial charge in [-0.25, -0.2) is 4.79 Å². The topological polar surface area (TPSA) is 198 Å². The first-order valence-corrected chi connectivity index (χ1v) is 10.0. The highest BCUT2D eigenvalue weighted by Gasteiger charge is 2.22. The highest BCUT2D eigenvalue weighted by molar-refractivity contribution is 5.90. The van der Waals surface area contributed by atoms with Crippen molar-refractivity contribution in [3.05, 3.63) is 35.9 Å². The van der Waals surface area contributed by atoms with Crippen molar-refractivity contribution in [3.8, 4) is 0 Å². The number of nitrogens with zero attached hydrogens (tertiary/aromatic N) is 1. The third kappa shape index (κ3) is 11.5. The van der Waals surface area contributed by atoms with Gasteiger partial charge in [-0.2, -0.15) is 0 Å². The van der Waals surface area contributed by atoms with E-state index in [9.17, 15) is 19.2 Å². The van der Waals surface area contributed by atoms with Crippen molar-refractivity contribution in [2.75, 3.05) is 19.7 Å². The first-order valence-electron chi connectivity index (χ1n) is 10.0. The number of ether oxygens (including phenoxy) is 1. The number of benzene rings is 1. The Balaban J connectivity index is 2.42. The summed E-state index contributed by atoms with van der Waals surface area (Å²) in [6, 6.07) is 7.11. The molecule has 0 aliphatic heterocycles. The van der Waals surface area contributed by atoms with Crippen molar-refractivity contribution in [2.45, 2.75) is 38.0 Å². The number of guanidine groups is 1. The van der Waals surface area contributed by atoms with Crippen molar-refractivity contribution in [1.29, 1.82) is 0 Å². The summed E-state index contributed by atoms with van der Waals surface area (Å²) in [7, 11) is 0. The third-order valence-electron chi connectivity index (χ3n) is 4.14. The SMILES string of the molecule is NC(N)=NCCCC(C=O)NC(=O)CNC(=O)[C@@H](CCO)NC(=O)OCc1ccccc1. The average Bonchev–Trinajstić information content (AvgIpc) is 2.78. The molecule has 12 heteroatoms. The Morgan fingerprint density at radius 2 is 1.84 bits per heavy atom.